The molecular formula is C57H88O23. The predicted molar refractivity (Wildman–Crippen MR) is 277 cm³/mol. The highest BCUT2D eigenvalue weighted by atomic mass is 16.8. The van der Waals surface area contributed by atoms with E-state index < -0.39 is 193 Å². The minimum atomic E-state index is -2.13. The van der Waals surface area contributed by atoms with Crippen molar-refractivity contribution in [1.82, 2.24) is 0 Å². The number of aliphatic hydroxyl groups is 11. The topological polar surface area (TPSA) is 368 Å². The number of esters is 2. The number of fused-ring (bicyclic) bond motifs is 7. The predicted octanol–water partition coefficient (Wildman–Crippen LogP) is 0.263. The average Bonchev–Trinajstić information content (AvgIpc) is 3.72. The number of allylic oxidation sites excluding steroid dienone is 3. The van der Waals surface area contributed by atoms with Crippen LogP contribution >= 0.6 is 0 Å². The zero-order valence-electron chi connectivity index (χ0n) is 47.7. The van der Waals surface area contributed by atoms with Gasteiger partial charge in [0.1, 0.15) is 67.1 Å². The third-order valence-electron chi connectivity index (χ3n) is 21.4. The summed E-state index contributed by atoms with van der Waals surface area (Å²) in [5, 5.41) is 134. The summed E-state index contributed by atoms with van der Waals surface area (Å²) in [5.74, 6) is -4.01. The number of hydrogen-bond acceptors (Lipinski definition) is 22. The zero-order chi connectivity index (χ0) is 59.3. The van der Waals surface area contributed by atoms with Crippen molar-refractivity contribution in [2.75, 3.05) is 19.8 Å². The smallest absolute Gasteiger partial charge is 0.335 e. The largest absolute Gasteiger partial charge is 0.479 e. The second-order valence-corrected chi connectivity index (χ2v) is 26.0. The first-order valence-corrected chi connectivity index (χ1v) is 28.1. The zero-order valence-corrected chi connectivity index (χ0v) is 47.7. The molecule has 3 unspecified atom stereocenters. The Morgan fingerprint density at radius 2 is 1.18 bits per heavy atom. The van der Waals surface area contributed by atoms with E-state index in [1.54, 1.807) is 39.8 Å². The number of hydrogen-bond donors (Lipinski definition) is 12. The molecule has 0 aromatic rings. The van der Waals surface area contributed by atoms with Crippen molar-refractivity contribution < 1.29 is 114 Å². The maximum absolute atomic E-state index is 13.9. The van der Waals surface area contributed by atoms with Gasteiger partial charge in [0, 0.05) is 22.0 Å². The monoisotopic (exact) mass is 1140 g/mol. The number of ether oxygens (including phenoxy) is 8. The summed E-state index contributed by atoms with van der Waals surface area (Å²) in [6, 6.07) is 0. The Morgan fingerprint density at radius 1 is 0.637 bits per heavy atom. The van der Waals surface area contributed by atoms with E-state index in [9.17, 15) is 75.7 Å². The van der Waals surface area contributed by atoms with Crippen LogP contribution in [-0.2, 0) is 52.3 Å². The molecule has 3 saturated heterocycles. The number of carboxylic acid groups (broad SMARTS) is 1. The van der Waals surface area contributed by atoms with E-state index in [4.69, 9.17) is 37.9 Å². The Morgan fingerprint density at radius 3 is 1.71 bits per heavy atom. The molecule has 23 heteroatoms. The summed E-state index contributed by atoms with van der Waals surface area (Å²) in [4.78, 5) is 40.3. The molecule has 26 atom stereocenters. The summed E-state index contributed by atoms with van der Waals surface area (Å²) in [5.41, 5.74) is -4.40. The lowest BCUT2D eigenvalue weighted by Crippen LogP contribution is -2.76. The van der Waals surface area contributed by atoms with Gasteiger partial charge in [-0.05, 0) is 100 Å². The molecule has 0 radical (unpaired) electrons. The van der Waals surface area contributed by atoms with Gasteiger partial charge in [-0.3, -0.25) is 0 Å². The van der Waals surface area contributed by atoms with E-state index in [0.29, 0.717) is 37.7 Å². The van der Waals surface area contributed by atoms with Crippen LogP contribution in [0.4, 0.5) is 0 Å². The van der Waals surface area contributed by atoms with Crippen LogP contribution in [0.25, 0.3) is 0 Å². The number of rotatable bonds is 14. The number of carbonyl (C=O) groups excluding carboxylic acids is 2. The van der Waals surface area contributed by atoms with Crippen molar-refractivity contribution in [2.24, 2.45) is 50.2 Å². The second kappa shape index (κ2) is 22.7. The average molecular weight is 1140 g/mol. The van der Waals surface area contributed by atoms with Gasteiger partial charge >= 0.3 is 17.9 Å². The number of carboxylic acids is 1. The molecule has 0 bridgehead atoms. The van der Waals surface area contributed by atoms with E-state index in [1.807, 2.05) is 34.6 Å². The molecule has 454 valence electrons. The van der Waals surface area contributed by atoms with Gasteiger partial charge in [-0.15, -0.1) is 0 Å². The van der Waals surface area contributed by atoms with Crippen molar-refractivity contribution in [1.29, 1.82) is 0 Å². The highest BCUT2D eigenvalue weighted by Crippen LogP contribution is 2.76. The summed E-state index contributed by atoms with van der Waals surface area (Å²) >= 11 is 0. The highest BCUT2D eigenvalue weighted by Gasteiger charge is 2.76. The molecule has 8 rings (SSSR count). The van der Waals surface area contributed by atoms with Gasteiger partial charge in [0.25, 0.3) is 0 Å². The molecule has 4 saturated carbocycles. The summed E-state index contributed by atoms with van der Waals surface area (Å²) in [6.07, 6.45) is -24.0. The Kier molecular flexibility index (Phi) is 17.9. The lowest BCUT2D eigenvalue weighted by Gasteiger charge is -2.73. The van der Waals surface area contributed by atoms with Crippen LogP contribution in [0.3, 0.4) is 0 Å². The van der Waals surface area contributed by atoms with Gasteiger partial charge in [0.2, 0.25) is 0 Å². The quantitative estimate of drug-likeness (QED) is 0.0480. The standard InChI is InChI=1S/C57H88O23/c1-12-24(3)47(71)79-44-45(80-48(72)25(4)13-2)57(23-60)27(20-52(44,5)6)26-14-15-31-54(9)18-17-32(53(7,8)30(54)16-19-55(31,10)56(26,11)42(67)43(57)68)75-51-41(78-50-37(65)35(63)33(61)28(21-58)73-50)39(38(66)40(77-51)46(69)70)76-49-36(64)34(62)29(22-59)74-49/h12-14,27-45,49-51,58-68H,15-23H2,1-11H3,(H,69,70)/b24-12-,25-13-/t27?,28-,29+,30?,31?,32+,33+,34+,35+,36-,37-,38+,39+,40+,41-,42+,43-,44+,45+,49+,50+,51-,54+,55-,56+,57+/m1/s1. The van der Waals surface area contributed by atoms with E-state index in [2.05, 4.69) is 19.9 Å². The molecule has 23 nitrogen and oxygen atoms in total. The van der Waals surface area contributed by atoms with E-state index >= 15 is 0 Å². The Hall–Kier alpha value is -3.05. The molecule has 3 heterocycles. The Labute approximate surface area is 466 Å². The number of aliphatic carboxylic acids is 1. The first kappa shape index (κ1) is 63.0. The van der Waals surface area contributed by atoms with Crippen LogP contribution in [-0.4, -0.2) is 216 Å². The molecule has 7 fully saturated rings. The molecule has 3 aliphatic heterocycles. The minimum absolute atomic E-state index is 0.153. The lowest BCUT2D eigenvalue weighted by molar-refractivity contribution is -0.386. The van der Waals surface area contributed by atoms with Gasteiger partial charge in [-0.25, -0.2) is 14.4 Å². The van der Waals surface area contributed by atoms with Crippen molar-refractivity contribution in [3.05, 3.63) is 34.9 Å². The Bertz CT molecular complexity index is 2390. The van der Waals surface area contributed by atoms with Crippen LogP contribution in [0.15, 0.2) is 34.9 Å². The molecule has 8 aliphatic rings. The van der Waals surface area contributed by atoms with Gasteiger partial charge in [-0.1, -0.05) is 72.3 Å². The first-order chi connectivity index (χ1) is 37.3. The van der Waals surface area contributed by atoms with E-state index in [1.165, 1.54) is 0 Å². The molecular weight excluding hydrogens is 1050 g/mol. The van der Waals surface area contributed by atoms with Crippen LogP contribution in [0.5, 0.6) is 0 Å². The maximum Gasteiger partial charge on any atom is 0.335 e. The number of aliphatic hydroxyl groups excluding tert-OH is 11. The van der Waals surface area contributed by atoms with Crippen molar-refractivity contribution in [2.45, 2.75) is 231 Å². The fourth-order valence-electron chi connectivity index (χ4n) is 16.2. The second-order valence-electron chi connectivity index (χ2n) is 26.0. The molecule has 0 spiro atoms. The molecule has 12 N–H and O–H groups in total. The Balaban J connectivity index is 1.14. The minimum Gasteiger partial charge on any atom is -0.479 e. The fourth-order valence-corrected chi connectivity index (χ4v) is 16.2. The molecule has 80 heavy (non-hydrogen) atoms. The first-order valence-electron chi connectivity index (χ1n) is 28.1. The van der Waals surface area contributed by atoms with Crippen molar-refractivity contribution >= 4 is 17.9 Å². The van der Waals surface area contributed by atoms with Crippen molar-refractivity contribution in [3.8, 4) is 0 Å². The van der Waals surface area contributed by atoms with Crippen LogP contribution in [0.1, 0.15) is 115 Å². The summed E-state index contributed by atoms with van der Waals surface area (Å²) in [7, 11) is 0. The highest BCUT2D eigenvalue weighted by molar-refractivity contribution is 5.89. The van der Waals surface area contributed by atoms with E-state index in [-0.39, 0.29) is 23.8 Å². The van der Waals surface area contributed by atoms with E-state index in [0.717, 1.165) is 5.57 Å². The molecule has 0 aromatic heterocycles. The molecule has 0 aromatic carbocycles. The SMILES string of the molecule is C/C=C(/C)C(=O)O[C@H]1[C@H](OC(=O)/C(C)=C\C)[C@@]2(CO)C(CC1(C)C)C1=CCC3[C@@]4(C)CC[C@H](O[C@@H]5O[C@H](C(=O)O)[C@@H](O)[C@H](O[C@@H]6O[C@@H](CO)[C@H](O)[C@H]6O)[C@H]5O[C@@H]5O[C@H](CO)[C@H](O)[C@H](O)[C@H]5O)C(C)(C)C4CC[C@@]3(C)[C@]1(C)[C@@H](O)[C@H]2O. The fraction of sp³-hybridized carbons (Fsp3) is 0.842. The third kappa shape index (κ3) is 9.76. The van der Waals surface area contributed by atoms with Gasteiger partial charge in [0.05, 0.1) is 43.5 Å². The van der Waals surface area contributed by atoms with Crippen LogP contribution in [0, 0.1) is 50.2 Å². The molecule has 5 aliphatic carbocycles. The van der Waals surface area contributed by atoms with Crippen molar-refractivity contribution in [3.63, 3.8) is 0 Å². The van der Waals surface area contributed by atoms with Crippen LogP contribution in [0.2, 0.25) is 0 Å². The van der Waals surface area contributed by atoms with Gasteiger partial charge in [0.15, 0.2) is 31.1 Å². The summed E-state index contributed by atoms with van der Waals surface area (Å²) in [6.45, 7) is 18.4. The van der Waals surface area contributed by atoms with Gasteiger partial charge in [-0.2, -0.15) is 0 Å². The summed E-state index contributed by atoms with van der Waals surface area (Å²) < 4.78 is 49.0. The third-order valence-corrected chi connectivity index (χ3v) is 21.4. The molecule has 0 amide bonds. The van der Waals surface area contributed by atoms with Crippen LogP contribution < -0.4 is 0 Å². The van der Waals surface area contributed by atoms with Gasteiger partial charge < -0.3 is 99.2 Å². The number of carbonyl (C=O) groups is 3. The normalized spacial score (nSPS) is 49.0. The lowest BCUT2D eigenvalue weighted by atomic mass is 9.32. The maximum atomic E-state index is 13.9.